The Morgan fingerprint density at radius 2 is 1.17 bits per heavy atom. The molecule has 0 unspecified atom stereocenters. The standard InChI is InChI=1S/C26H18N4O3S.Mn/c31-34(32,33)24-9-1-16(2-10-24)25-14-23-13-21-6-5-19(28-21)11-17-3-4-18(27-17)12-20-7-8-22(29-20)15-26(25)30-23;/h1-15,28-29H,(H,31,32,33);/q;+2. The Bertz CT molecular complexity index is 1780. The number of benzene rings is 1. The van der Waals surface area contributed by atoms with Gasteiger partial charge in [-0.25, -0.2) is 9.97 Å². The van der Waals surface area contributed by atoms with Gasteiger partial charge in [0.25, 0.3) is 10.1 Å². The zero-order chi connectivity index (χ0) is 23.3. The van der Waals surface area contributed by atoms with Crippen LogP contribution in [0.4, 0.5) is 0 Å². The maximum absolute atomic E-state index is 11.4. The summed E-state index contributed by atoms with van der Waals surface area (Å²) in [5, 5.41) is 0. The number of aromatic nitrogens is 4. The third-order valence-electron chi connectivity index (χ3n) is 5.63. The molecule has 1 radical (unpaired) electrons. The molecular formula is C26H18MnN4O3S+2. The molecular weight excluding hydrogens is 503 g/mol. The van der Waals surface area contributed by atoms with E-state index < -0.39 is 10.1 Å². The molecule has 2 aliphatic heterocycles. The number of hydrogen-bond donors (Lipinski definition) is 3. The molecule has 9 heteroatoms. The monoisotopic (exact) mass is 521 g/mol. The molecule has 35 heavy (non-hydrogen) atoms. The molecule has 0 amide bonds. The number of nitrogens with zero attached hydrogens (tertiary/aromatic N) is 2. The molecule has 0 aliphatic carbocycles. The normalized spacial score (nSPS) is 12.8. The first-order chi connectivity index (χ1) is 16.4. The number of nitrogens with one attached hydrogen (secondary N) is 2. The first kappa shape index (κ1) is 23.0. The Kier molecular flexibility index (Phi) is 5.78. The van der Waals surface area contributed by atoms with Gasteiger partial charge in [0.05, 0.1) is 27.7 Å². The van der Waals surface area contributed by atoms with Gasteiger partial charge >= 0.3 is 17.1 Å². The summed E-state index contributed by atoms with van der Waals surface area (Å²) >= 11 is 0. The number of hydrogen-bond acceptors (Lipinski definition) is 4. The van der Waals surface area contributed by atoms with E-state index >= 15 is 0 Å². The largest absolute Gasteiger partial charge is 2.00 e. The van der Waals surface area contributed by atoms with Gasteiger partial charge in [-0.15, -0.1) is 0 Å². The molecule has 6 rings (SSSR count). The van der Waals surface area contributed by atoms with Crippen LogP contribution in [-0.4, -0.2) is 32.9 Å². The smallest absolute Gasteiger partial charge is 0.355 e. The average Bonchev–Trinajstić information content (AvgIpc) is 3.58. The summed E-state index contributed by atoms with van der Waals surface area (Å²) in [6.07, 6.45) is 5.91. The summed E-state index contributed by atoms with van der Waals surface area (Å²) in [6.45, 7) is 0. The molecule has 5 heterocycles. The molecule has 7 nitrogen and oxygen atoms in total. The molecule has 3 N–H and O–H groups in total. The van der Waals surface area contributed by atoms with Gasteiger partial charge in [-0.3, -0.25) is 4.55 Å². The third-order valence-corrected chi connectivity index (χ3v) is 6.50. The first-order valence-corrected chi connectivity index (χ1v) is 12.0. The van der Waals surface area contributed by atoms with Crippen LogP contribution in [0.15, 0.2) is 77.7 Å². The summed E-state index contributed by atoms with van der Waals surface area (Å²) in [4.78, 5) is 16.1. The van der Waals surface area contributed by atoms with Gasteiger partial charge in [-0.1, -0.05) is 12.1 Å². The van der Waals surface area contributed by atoms with Gasteiger partial charge in [0.15, 0.2) is 0 Å². The zero-order valence-electron chi connectivity index (χ0n) is 18.1. The molecule has 0 fully saturated rings. The molecule has 0 atom stereocenters. The Balaban J connectivity index is 0.00000253. The quantitative estimate of drug-likeness (QED) is 0.211. The first-order valence-electron chi connectivity index (χ1n) is 10.6. The van der Waals surface area contributed by atoms with Crippen molar-refractivity contribution in [3.63, 3.8) is 0 Å². The van der Waals surface area contributed by atoms with E-state index in [0.717, 1.165) is 56.0 Å². The van der Waals surface area contributed by atoms with Crippen molar-refractivity contribution < 1.29 is 30.0 Å². The molecule has 8 bridgehead atoms. The molecule has 3 aromatic heterocycles. The van der Waals surface area contributed by atoms with Gasteiger partial charge in [0.2, 0.25) is 0 Å². The van der Waals surface area contributed by atoms with Crippen LogP contribution in [0.1, 0.15) is 28.3 Å². The van der Waals surface area contributed by atoms with Crippen molar-refractivity contribution in [3.8, 4) is 0 Å². The number of fused-ring (bicyclic) bond motifs is 8. The van der Waals surface area contributed by atoms with E-state index in [1.54, 1.807) is 12.1 Å². The predicted octanol–water partition coefficient (Wildman–Crippen LogP) is 5.32. The number of rotatable bonds is 2. The molecule has 171 valence electrons. The summed E-state index contributed by atoms with van der Waals surface area (Å²) in [5.41, 5.74) is 8.48. The zero-order valence-corrected chi connectivity index (χ0v) is 20.1. The second kappa shape index (κ2) is 8.79. The van der Waals surface area contributed by atoms with Crippen molar-refractivity contribution in [3.05, 3.63) is 101 Å². The molecule has 2 aliphatic rings. The minimum Gasteiger partial charge on any atom is -0.355 e. The van der Waals surface area contributed by atoms with Gasteiger partial charge in [-0.2, -0.15) is 8.42 Å². The van der Waals surface area contributed by atoms with Gasteiger partial charge in [-0.05, 0) is 84.5 Å². The van der Waals surface area contributed by atoms with E-state index in [-0.39, 0.29) is 22.0 Å². The Morgan fingerprint density at radius 1 is 0.657 bits per heavy atom. The number of H-pyrrole nitrogens is 2. The fraction of sp³-hybridized carbons (Fsp3) is 0. The molecule has 1 aromatic carbocycles. The van der Waals surface area contributed by atoms with Gasteiger partial charge in [0.1, 0.15) is 0 Å². The van der Waals surface area contributed by atoms with Crippen molar-refractivity contribution in [2.75, 3.05) is 0 Å². The van der Waals surface area contributed by atoms with Crippen molar-refractivity contribution in [1.82, 2.24) is 19.9 Å². The van der Waals surface area contributed by atoms with Crippen LogP contribution in [0.2, 0.25) is 0 Å². The van der Waals surface area contributed by atoms with Crippen molar-refractivity contribution in [2.24, 2.45) is 0 Å². The van der Waals surface area contributed by atoms with E-state index in [4.69, 9.17) is 4.98 Å². The average molecular weight is 521 g/mol. The van der Waals surface area contributed by atoms with E-state index in [1.807, 2.05) is 66.8 Å². The van der Waals surface area contributed by atoms with Gasteiger partial charge < -0.3 is 9.97 Å². The minimum atomic E-state index is -4.26. The summed E-state index contributed by atoms with van der Waals surface area (Å²) < 4.78 is 32.2. The van der Waals surface area contributed by atoms with E-state index in [0.29, 0.717) is 0 Å². The van der Waals surface area contributed by atoms with Crippen molar-refractivity contribution in [2.45, 2.75) is 4.90 Å². The van der Waals surface area contributed by atoms with Crippen LogP contribution in [0, 0.1) is 0 Å². The van der Waals surface area contributed by atoms with Crippen LogP contribution >= 0.6 is 0 Å². The fourth-order valence-electron chi connectivity index (χ4n) is 4.05. The molecule has 0 spiro atoms. The summed E-state index contributed by atoms with van der Waals surface area (Å²) in [5.74, 6) is 0. The SMILES string of the molecule is O=S(=O)(O)c1ccc(C2=Cc3cc4ccc(cc5nc(cc6ccc(cc2n3)[nH]6)C=C5)[nH]4)cc1.[Mn+2]. The number of aromatic amines is 2. The van der Waals surface area contributed by atoms with Crippen molar-refractivity contribution in [1.29, 1.82) is 0 Å². The topological polar surface area (TPSA) is 112 Å². The third kappa shape index (κ3) is 4.76. The van der Waals surface area contributed by atoms with Crippen molar-refractivity contribution >= 4 is 56.0 Å². The Morgan fingerprint density at radius 3 is 1.71 bits per heavy atom. The van der Waals surface area contributed by atoms with Gasteiger partial charge in [0, 0.05) is 27.6 Å². The fourth-order valence-corrected chi connectivity index (χ4v) is 4.53. The Hall–Kier alpha value is -3.75. The molecule has 0 saturated carbocycles. The van der Waals surface area contributed by atoms with Crippen LogP contribution in [0.25, 0.3) is 45.9 Å². The van der Waals surface area contributed by atoms with Crippen LogP contribution < -0.4 is 0 Å². The predicted molar refractivity (Wildman–Crippen MR) is 133 cm³/mol. The second-order valence-electron chi connectivity index (χ2n) is 8.09. The maximum atomic E-state index is 11.4. The molecule has 4 aromatic rings. The minimum absolute atomic E-state index is 0. The summed E-state index contributed by atoms with van der Waals surface area (Å²) in [6, 6.07) is 21.9. The Labute approximate surface area is 211 Å². The molecule has 0 saturated heterocycles. The van der Waals surface area contributed by atoms with E-state index in [9.17, 15) is 13.0 Å². The van der Waals surface area contributed by atoms with Crippen LogP contribution in [0.3, 0.4) is 0 Å². The summed E-state index contributed by atoms with van der Waals surface area (Å²) in [7, 11) is -4.26. The van der Waals surface area contributed by atoms with E-state index in [2.05, 4.69) is 15.0 Å². The van der Waals surface area contributed by atoms with Crippen LogP contribution in [-0.2, 0) is 27.2 Å². The maximum Gasteiger partial charge on any atom is 2.00 e. The van der Waals surface area contributed by atoms with E-state index in [1.165, 1.54) is 12.1 Å². The van der Waals surface area contributed by atoms with Crippen LogP contribution in [0.5, 0.6) is 0 Å². The second-order valence-corrected chi connectivity index (χ2v) is 9.51.